The monoisotopic (exact) mass is 858 g/mol. The molecule has 0 bridgehead atoms. The van der Waals surface area contributed by atoms with E-state index in [1.807, 2.05) is 21.1 Å². The lowest BCUT2D eigenvalue weighted by molar-refractivity contribution is -0.870. The Balaban J connectivity index is 4.44. The maximum atomic E-state index is 12.8. The van der Waals surface area contributed by atoms with E-state index in [1.54, 1.807) is 0 Å². The van der Waals surface area contributed by atoms with Gasteiger partial charge in [-0.25, -0.2) is 0 Å². The van der Waals surface area contributed by atoms with Crippen LogP contribution in [0.3, 0.4) is 0 Å². The van der Waals surface area contributed by atoms with Crippen LogP contribution < -0.4 is 5.11 Å². The lowest BCUT2D eigenvalue weighted by atomic mass is 10.1. The Bertz CT molecular complexity index is 1180. The van der Waals surface area contributed by atoms with Crippen molar-refractivity contribution in [1.82, 2.24) is 0 Å². The summed E-state index contributed by atoms with van der Waals surface area (Å²) in [6.07, 6.45) is 49.6. The number of ether oxygens (including phenoxy) is 4. The van der Waals surface area contributed by atoms with Crippen molar-refractivity contribution in [3.05, 3.63) is 60.8 Å². The number of nitrogens with zero attached hydrogens (tertiary/aromatic N) is 1. The second-order valence-electron chi connectivity index (χ2n) is 17.4. The Morgan fingerprint density at radius 2 is 0.885 bits per heavy atom. The van der Waals surface area contributed by atoms with Crippen molar-refractivity contribution in [3.8, 4) is 0 Å². The van der Waals surface area contributed by atoms with Crippen molar-refractivity contribution >= 4 is 17.9 Å². The van der Waals surface area contributed by atoms with Crippen LogP contribution in [0.15, 0.2) is 60.8 Å². The molecule has 352 valence electrons. The van der Waals surface area contributed by atoms with Crippen molar-refractivity contribution < 1.29 is 42.9 Å². The summed E-state index contributed by atoms with van der Waals surface area (Å²) in [5.74, 6) is -2.32. The summed E-state index contributed by atoms with van der Waals surface area (Å²) in [6.45, 7) is 4.66. The molecule has 2 unspecified atom stereocenters. The van der Waals surface area contributed by atoms with Crippen molar-refractivity contribution in [3.63, 3.8) is 0 Å². The molecule has 61 heavy (non-hydrogen) atoms. The first-order valence-electron chi connectivity index (χ1n) is 24.4. The summed E-state index contributed by atoms with van der Waals surface area (Å²) in [5.41, 5.74) is 0. The van der Waals surface area contributed by atoms with Gasteiger partial charge in [0.1, 0.15) is 13.2 Å². The van der Waals surface area contributed by atoms with Gasteiger partial charge >= 0.3 is 11.9 Å². The third-order valence-corrected chi connectivity index (χ3v) is 10.2. The van der Waals surface area contributed by atoms with Crippen molar-refractivity contribution in [2.45, 2.75) is 206 Å². The highest BCUT2D eigenvalue weighted by molar-refractivity contribution is 5.70. The number of carbonyl (C=O) groups is 3. The van der Waals surface area contributed by atoms with E-state index in [0.29, 0.717) is 17.4 Å². The molecule has 0 rings (SSSR count). The van der Waals surface area contributed by atoms with Crippen LogP contribution in [0.2, 0.25) is 0 Å². The molecule has 0 aliphatic rings. The van der Waals surface area contributed by atoms with Crippen LogP contribution in [0.25, 0.3) is 0 Å². The number of aliphatic carboxylic acids is 1. The molecule has 0 aromatic heterocycles. The predicted molar refractivity (Wildman–Crippen MR) is 251 cm³/mol. The van der Waals surface area contributed by atoms with Gasteiger partial charge in [-0.05, 0) is 83.5 Å². The third-order valence-electron chi connectivity index (χ3n) is 10.2. The highest BCUT2D eigenvalue weighted by atomic mass is 16.7. The molecule has 0 aliphatic heterocycles. The number of carboxylic acid groups (broad SMARTS) is 1. The summed E-state index contributed by atoms with van der Waals surface area (Å²) in [7, 11) is 5.90. The standard InChI is InChI=1S/C52H91NO8/c1-6-8-10-12-14-16-18-20-22-23-24-25-26-27-29-31-33-35-37-39-41-43-50(55)61-48(47-60-52(51(56)57)58-45-44-53(3,4)5)46-59-49(54)42-40-38-36-34-32-30-28-21-19-17-15-13-11-9-7-2/h15,17-18,20-21,23-24,26-28,48,52H,6-14,16,19,22,25,29-47H2,1-5H3/b17-15-,20-18-,24-23-,27-26-,28-21-. The quantitative estimate of drug-likeness (QED) is 0.0196. The molecule has 9 heteroatoms. The van der Waals surface area contributed by atoms with Gasteiger partial charge in [-0.15, -0.1) is 0 Å². The molecule has 0 saturated heterocycles. The number of unbranched alkanes of at least 4 members (excludes halogenated alkanes) is 19. The van der Waals surface area contributed by atoms with Gasteiger partial charge in [0.25, 0.3) is 0 Å². The Kier molecular flexibility index (Phi) is 41.5. The number of allylic oxidation sites excluding steroid dienone is 10. The summed E-state index contributed by atoms with van der Waals surface area (Å²) in [6, 6.07) is 0. The molecule has 0 aromatic rings. The van der Waals surface area contributed by atoms with E-state index in [1.165, 1.54) is 64.2 Å². The minimum Gasteiger partial charge on any atom is -0.545 e. The second-order valence-corrected chi connectivity index (χ2v) is 17.4. The number of quaternary nitrogens is 1. The van der Waals surface area contributed by atoms with Gasteiger partial charge in [-0.3, -0.25) is 9.59 Å². The first kappa shape index (κ1) is 58.0. The fourth-order valence-electron chi connectivity index (χ4n) is 6.39. The van der Waals surface area contributed by atoms with Crippen LogP contribution in [-0.4, -0.2) is 82.3 Å². The van der Waals surface area contributed by atoms with Crippen LogP contribution in [0.4, 0.5) is 0 Å². The summed E-state index contributed by atoms with van der Waals surface area (Å²) < 4.78 is 22.6. The topological polar surface area (TPSA) is 111 Å². The zero-order valence-electron chi connectivity index (χ0n) is 39.8. The lowest BCUT2D eigenvalue weighted by Crippen LogP contribution is -2.44. The average molecular weight is 858 g/mol. The molecule has 0 spiro atoms. The molecule has 2 atom stereocenters. The molecular weight excluding hydrogens is 767 g/mol. The molecule has 0 aromatic carbocycles. The van der Waals surface area contributed by atoms with Gasteiger partial charge in [-0.1, -0.05) is 158 Å². The van der Waals surface area contributed by atoms with Crippen molar-refractivity contribution in [2.24, 2.45) is 0 Å². The second kappa shape index (κ2) is 43.6. The van der Waals surface area contributed by atoms with Gasteiger partial charge in [0.2, 0.25) is 0 Å². The van der Waals surface area contributed by atoms with Gasteiger partial charge in [0, 0.05) is 12.8 Å². The van der Waals surface area contributed by atoms with E-state index < -0.39 is 24.3 Å². The van der Waals surface area contributed by atoms with E-state index in [4.69, 9.17) is 18.9 Å². The van der Waals surface area contributed by atoms with Gasteiger partial charge in [0.05, 0.1) is 40.3 Å². The van der Waals surface area contributed by atoms with Crippen LogP contribution in [0.5, 0.6) is 0 Å². The molecule has 0 saturated carbocycles. The van der Waals surface area contributed by atoms with Crippen LogP contribution in [0, 0.1) is 0 Å². The van der Waals surface area contributed by atoms with Crippen LogP contribution in [0.1, 0.15) is 194 Å². The van der Waals surface area contributed by atoms with E-state index in [0.717, 1.165) is 96.3 Å². The Labute approximate surface area is 374 Å². The Morgan fingerprint density at radius 3 is 1.34 bits per heavy atom. The molecule has 0 amide bonds. The minimum absolute atomic E-state index is 0.140. The minimum atomic E-state index is -1.63. The molecule has 0 aliphatic carbocycles. The predicted octanol–water partition coefficient (Wildman–Crippen LogP) is 12.0. The number of hydrogen-bond acceptors (Lipinski definition) is 8. The normalized spacial score (nSPS) is 13.4. The maximum absolute atomic E-state index is 12.8. The van der Waals surface area contributed by atoms with E-state index in [-0.39, 0.29) is 38.6 Å². The zero-order valence-corrected chi connectivity index (χ0v) is 39.8. The number of likely N-dealkylation sites (N-methyl/N-ethyl adjacent to an activating group) is 1. The van der Waals surface area contributed by atoms with E-state index in [9.17, 15) is 19.5 Å². The fraction of sp³-hybridized carbons (Fsp3) is 0.750. The maximum Gasteiger partial charge on any atom is 0.306 e. The third kappa shape index (κ3) is 44.8. The molecule has 0 heterocycles. The molecule has 0 N–H and O–H groups in total. The molecular formula is C52H91NO8. The highest BCUT2D eigenvalue weighted by Gasteiger charge is 2.21. The highest BCUT2D eigenvalue weighted by Crippen LogP contribution is 2.13. The number of carboxylic acids is 1. The fourth-order valence-corrected chi connectivity index (χ4v) is 6.39. The SMILES string of the molecule is CCCCC/C=C\C/C=C\CCCCCCCC(=O)OCC(COC(OCC[N+](C)(C)C)C(=O)[O-])OC(=O)CCCCCCCC/C=C\C/C=C\C/C=C\CCCCCCC. The summed E-state index contributed by atoms with van der Waals surface area (Å²) >= 11 is 0. The lowest BCUT2D eigenvalue weighted by Gasteiger charge is -2.26. The largest absolute Gasteiger partial charge is 0.545 e. The number of carbonyl (C=O) groups excluding carboxylic acids is 3. The van der Waals surface area contributed by atoms with Gasteiger partial charge in [-0.2, -0.15) is 0 Å². The van der Waals surface area contributed by atoms with Crippen molar-refractivity contribution in [2.75, 3.05) is 47.5 Å². The molecule has 0 radical (unpaired) electrons. The van der Waals surface area contributed by atoms with Crippen LogP contribution in [-0.2, 0) is 33.3 Å². The van der Waals surface area contributed by atoms with E-state index >= 15 is 0 Å². The Morgan fingerprint density at radius 1 is 0.492 bits per heavy atom. The average Bonchev–Trinajstić information content (AvgIpc) is 3.22. The van der Waals surface area contributed by atoms with Crippen molar-refractivity contribution in [1.29, 1.82) is 0 Å². The summed E-state index contributed by atoms with van der Waals surface area (Å²) in [5, 5.41) is 11.7. The smallest absolute Gasteiger partial charge is 0.306 e. The summed E-state index contributed by atoms with van der Waals surface area (Å²) in [4.78, 5) is 37.1. The van der Waals surface area contributed by atoms with E-state index in [2.05, 4.69) is 74.6 Å². The molecule has 9 nitrogen and oxygen atoms in total. The Hall–Kier alpha value is -3.01. The molecule has 0 fully saturated rings. The van der Waals surface area contributed by atoms with Crippen LogP contribution >= 0.6 is 0 Å². The number of esters is 2. The number of hydrogen-bond donors (Lipinski definition) is 0. The van der Waals surface area contributed by atoms with Gasteiger partial charge in [0.15, 0.2) is 12.4 Å². The van der Waals surface area contributed by atoms with Gasteiger partial charge < -0.3 is 33.3 Å². The zero-order chi connectivity index (χ0) is 44.9. The first-order chi connectivity index (χ1) is 29.6. The number of rotatable bonds is 44. The first-order valence-corrected chi connectivity index (χ1v) is 24.4.